The fourth-order valence-electron chi connectivity index (χ4n) is 3.86. The van der Waals surface area contributed by atoms with E-state index in [0.717, 1.165) is 56.2 Å². The lowest BCUT2D eigenvalue weighted by Gasteiger charge is -2.17. The van der Waals surface area contributed by atoms with Gasteiger partial charge in [0.25, 0.3) is 0 Å². The van der Waals surface area contributed by atoms with Gasteiger partial charge in [-0.3, -0.25) is 0 Å². The van der Waals surface area contributed by atoms with Crippen molar-refractivity contribution in [1.29, 1.82) is 0 Å². The van der Waals surface area contributed by atoms with E-state index in [9.17, 15) is 8.78 Å². The molecule has 0 radical (unpaired) electrons. The zero-order chi connectivity index (χ0) is 17.2. The SMILES string of the molecule is Fc1ccc(CCCCn2c3c(c4cc(F)ccc42)CNCC3)cc1. The van der Waals surface area contributed by atoms with Gasteiger partial charge in [0.15, 0.2) is 0 Å². The minimum absolute atomic E-state index is 0.172. The molecule has 2 heterocycles. The molecule has 0 aliphatic carbocycles. The molecule has 0 atom stereocenters. The lowest BCUT2D eigenvalue weighted by atomic mass is 10.1. The molecule has 0 bridgehead atoms. The highest BCUT2D eigenvalue weighted by atomic mass is 19.1. The lowest BCUT2D eigenvalue weighted by molar-refractivity contribution is 0.567. The van der Waals surface area contributed by atoms with Gasteiger partial charge < -0.3 is 9.88 Å². The zero-order valence-electron chi connectivity index (χ0n) is 14.2. The zero-order valence-corrected chi connectivity index (χ0v) is 14.2. The molecule has 0 spiro atoms. The van der Waals surface area contributed by atoms with Gasteiger partial charge in [-0.25, -0.2) is 8.78 Å². The standard InChI is InChI=1S/C21H22F2N2/c22-16-6-4-15(5-7-16)3-1-2-12-25-20-9-8-17(23)13-18(20)19-14-24-11-10-21(19)25/h4-9,13,24H,1-3,10-12,14H2. The maximum absolute atomic E-state index is 13.7. The number of benzene rings is 2. The molecule has 3 aromatic rings. The van der Waals surface area contributed by atoms with E-state index in [2.05, 4.69) is 9.88 Å². The van der Waals surface area contributed by atoms with E-state index in [1.807, 2.05) is 18.2 Å². The molecule has 0 unspecified atom stereocenters. The summed E-state index contributed by atoms with van der Waals surface area (Å²) in [7, 11) is 0. The molecule has 0 saturated heterocycles. The van der Waals surface area contributed by atoms with Crippen LogP contribution in [0.4, 0.5) is 8.78 Å². The molecule has 2 aromatic carbocycles. The quantitative estimate of drug-likeness (QED) is 0.672. The van der Waals surface area contributed by atoms with E-state index in [0.29, 0.717) is 0 Å². The largest absolute Gasteiger partial charge is 0.344 e. The molecule has 1 N–H and O–H groups in total. The first-order chi connectivity index (χ1) is 12.2. The summed E-state index contributed by atoms with van der Waals surface area (Å²) in [5.41, 5.74) is 4.91. The maximum Gasteiger partial charge on any atom is 0.123 e. The van der Waals surface area contributed by atoms with Gasteiger partial charge >= 0.3 is 0 Å². The van der Waals surface area contributed by atoms with Crippen molar-refractivity contribution in [3.63, 3.8) is 0 Å². The fourth-order valence-corrected chi connectivity index (χ4v) is 3.86. The van der Waals surface area contributed by atoms with Crippen molar-refractivity contribution in [2.75, 3.05) is 6.54 Å². The van der Waals surface area contributed by atoms with Crippen LogP contribution in [-0.2, 0) is 25.9 Å². The number of nitrogens with zero attached hydrogens (tertiary/aromatic N) is 1. The Labute approximate surface area is 146 Å². The molecule has 2 nitrogen and oxygen atoms in total. The summed E-state index contributed by atoms with van der Waals surface area (Å²) in [6.07, 6.45) is 4.05. The second kappa shape index (κ2) is 6.96. The molecule has 1 aliphatic heterocycles. The Bertz CT molecular complexity index is 881. The van der Waals surface area contributed by atoms with Gasteiger partial charge in [0.2, 0.25) is 0 Å². The van der Waals surface area contributed by atoms with Crippen LogP contribution in [0.15, 0.2) is 42.5 Å². The summed E-state index contributed by atoms with van der Waals surface area (Å²) >= 11 is 0. The number of hydrogen-bond donors (Lipinski definition) is 1. The van der Waals surface area contributed by atoms with E-state index >= 15 is 0 Å². The number of rotatable bonds is 5. The Morgan fingerprint density at radius 3 is 2.60 bits per heavy atom. The molecule has 4 heteroatoms. The molecule has 1 aliphatic rings. The van der Waals surface area contributed by atoms with Crippen molar-refractivity contribution in [2.24, 2.45) is 0 Å². The number of nitrogens with one attached hydrogen (secondary N) is 1. The Kier molecular flexibility index (Phi) is 4.53. The van der Waals surface area contributed by atoms with Crippen molar-refractivity contribution < 1.29 is 8.78 Å². The highest BCUT2D eigenvalue weighted by Gasteiger charge is 2.19. The summed E-state index contributed by atoms with van der Waals surface area (Å²) in [6.45, 7) is 2.73. The number of aromatic nitrogens is 1. The summed E-state index contributed by atoms with van der Waals surface area (Å²) < 4.78 is 29.0. The third-order valence-electron chi connectivity index (χ3n) is 5.10. The van der Waals surface area contributed by atoms with Gasteiger partial charge in [-0.15, -0.1) is 0 Å². The minimum Gasteiger partial charge on any atom is -0.344 e. The van der Waals surface area contributed by atoms with Crippen LogP contribution in [0.2, 0.25) is 0 Å². The highest BCUT2D eigenvalue weighted by molar-refractivity contribution is 5.86. The Hall–Kier alpha value is -2.20. The van der Waals surface area contributed by atoms with Crippen LogP contribution in [-0.4, -0.2) is 11.1 Å². The second-order valence-corrected chi connectivity index (χ2v) is 6.75. The molecular weight excluding hydrogens is 318 g/mol. The van der Waals surface area contributed by atoms with Gasteiger partial charge in [-0.2, -0.15) is 0 Å². The van der Waals surface area contributed by atoms with Crippen LogP contribution >= 0.6 is 0 Å². The predicted octanol–water partition coefficient (Wildman–Crippen LogP) is 4.59. The first kappa shape index (κ1) is 16.3. The first-order valence-electron chi connectivity index (χ1n) is 8.97. The summed E-state index contributed by atoms with van der Waals surface area (Å²) in [5.74, 6) is -0.357. The fraction of sp³-hybridized carbons (Fsp3) is 0.333. The maximum atomic E-state index is 13.7. The van der Waals surface area contributed by atoms with Gasteiger partial charge in [-0.05, 0) is 60.7 Å². The van der Waals surface area contributed by atoms with Crippen LogP contribution in [0.1, 0.15) is 29.7 Å². The van der Waals surface area contributed by atoms with E-state index in [1.54, 1.807) is 12.1 Å². The molecule has 0 fully saturated rings. The average molecular weight is 340 g/mol. The van der Waals surface area contributed by atoms with Gasteiger partial charge in [0, 0.05) is 42.7 Å². The van der Waals surface area contributed by atoms with E-state index in [4.69, 9.17) is 0 Å². The van der Waals surface area contributed by atoms with Crippen molar-refractivity contribution in [3.8, 4) is 0 Å². The lowest BCUT2D eigenvalue weighted by Crippen LogP contribution is -2.24. The topological polar surface area (TPSA) is 17.0 Å². The Balaban J connectivity index is 1.50. The van der Waals surface area contributed by atoms with Gasteiger partial charge in [-0.1, -0.05) is 12.1 Å². The first-order valence-corrected chi connectivity index (χ1v) is 8.97. The minimum atomic E-state index is -0.185. The molecule has 130 valence electrons. The number of hydrogen-bond acceptors (Lipinski definition) is 1. The number of unbranched alkanes of at least 4 members (excludes halogenated alkanes) is 1. The average Bonchev–Trinajstić information content (AvgIpc) is 2.94. The predicted molar refractivity (Wildman–Crippen MR) is 96.6 cm³/mol. The van der Waals surface area contributed by atoms with Crippen molar-refractivity contribution in [2.45, 2.75) is 38.8 Å². The molecule has 25 heavy (non-hydrogen) atoms. The third-order valence-corrected chi connectivity index (χ3v) is 5.10. The number of fused-ring (bicyclic) bond motifs is 3. The number of aryl methyl sites for hydroxylation is 2. The molecule has 1 aromatic heterocycles. The van der Waals surface area contributed by atoms with Crippen molar-refractivity contribution in [3.05, 3.63) is 70.9 Å². The van der Waals surface area contributed by atoms with Crippen LogP contribution in [0, 0.1) is 11.6 Å². The number of halogens is 2. The van der Waals surface area contributed by atoms with Crippen LogP contribution in [0.5, 0.6) is 0 Å². The van der Waals surface area contributed by atoms with Crippen molar-refractivity contribution >= 4 is 10.9 Å². The van der Waals surface area contributed by atoms with Gasteiger partial charge in [0.1, 0.15) is 11.6 Å². The molecular formula is C21H22F2N2. The summed E-state index contributed by atoms with van der Waals surface area (Å²) in [5, 5.41) is 4.44. The smallest absolute Gasteiger partial charge is 0.123 e. The highest BCUT2D eigenvalue weighted by Crippen LogP contribution is 2.29. The van der Waals surface area contributed by atoms with Gasteiger partial charge in [0.05, 0.1) is 0 Å². The van der Waals surface area contributed by atoms with Crippen LogP contribution in [0.3, 0.4) is 0 Å². The molecule has 0 amide bonds. The van der Waals surface area contributed by atoms with Crippen LogP contribution in [0.25, 0.3) is 10.9 Å². The summed E-state index contributed by atoms with van der Waals surface area (Å²) in [4.78, 5) is 0. The third kappa shape index (κ3) is 3.31. The monoisotopic (exact) mass is 340 g/mol. The molecule has 0 saturated carbocycles. The molecule has 4 rings (SSSR count). The van der Waals surface area contributed by atoms with E-state index in [-0.39, 0.29) is 11.6 Å². The van der Waals surface area contributed by atoms with Crippen LogP contribution < -0.4 is 5.32 Å². The van der Waals surface area contributed by atoms with E-state index in [1.165, 1.54) is 29.0 Å². The Morgan fingerprint density at radius 1 is 0.960 bits per heavy atom. The van der Waals surface area contributed by atoms with E-state index < -0.39 is 0 Å². The summed E-state index contributed by atoms with van der Waals surface area (Å²) in [6, 6.07) is 11.9. The second-order valence-electron chi connectivity index (χ2n) is 6.75. The van der Waals surface area contributed by atoms with Crippen molar-refractivity contribution in [1.82, 2.24) is 9.88 Å². The Morgan fingerprint density at radius 2 is 1.76 bits per heavy atom. The normalized spacial score (nSPS) is 14.0.